The van der Waals surface area contributed by atoms with Gasteiger partial charge in [-0.25, -0.2) is 23.4 Å². The second kappa shape index (κ2) is 12.2. The first kappa shape index (κ1) is 30.3. The van der Waals surface area contributed by atoms with E-state index in [9.17, 15) is 23.2 Å². The first-order valence-electron chi connectivity index (χ1n) is 13.3. The van der Waals surface area contributed by atoms with Crippen molar-refractivity contribution < 1.29 is 32.6 Å². The number of halogens is 4. The first-order chi connectivity index (χ1) is 20.5. The second-order valence-electron chi connectivity index (χ2n) is 10.2. The van der Waals surface area contributed by atoms with Gasteiger partial charge in [-0.3, -0.25) is 15.0 Å². The van der Waals surface area contributed by atoms with Gasteiger partial charge in [0.05, 0.1) is 29.4 Å². The van der Waals surface area contributed by atoms with Crippen LogP contribution >= 0.6 is 23.2 Å². The molecule has 0 saturated carbocycles. The van der Waals surface area contributed by atoms with Gasteiger partial charge in [0.2, 0.25) is 5.91 Å². The molecular weight excluding hydrogens is 607 g/mol. The van der Waals surface area contributed by atoms with Gasteiger partial charge < -0.3 is 19.8 Å². The summed E-state index contributed by atoms with van der Waals surface area (Å²) in [5, 5.41) is 5.26. The Balaban J connectivity index is 1.50. The van der Waals surface area contributed by atoms with E-state index in [1.54, 1.807) is 18.2 Å². The Kier molecular flexibility index (Phi) is 8.61. The number of ether oxygens (including phenoxy) is 2. The summed E-state index contributed by atoms with van der Waals surface area (Å²) in [6.45, 7) is 1.52. The minimum Gasteiger partial charge on any atom is -0.453 e. The number of nitrogens with zero attached hydrogens (tertiary/aromatic N) is 2. The van der Waals surface area contributed by atoms with Crippen LogP contribution in [0.1, 0.15) is 50.0 Å². The maximum Gasteiger partial charge on any atom is 0.411 e. The SMILES string of the molecule is COC(=O)Nc1ccc2c(c1)NC(=O)CC/C=C\C[C@H](N1CCC(C)(c3c(F)ccc(Cl)c3F)OC1=O)c1nc-2c(Cl)[nH]1. The number of benzene rings is 2. The molecule has 1 unspecified atom stereocenters. The number of aromatic nitrogens is 2. The Morgan fingerprint density at radius 1 is 1.21 bits per heavy atom. The number of methoxy groups -OCH3 is 1. The summed E-state index contributed by atoms with van der Waals surface area (Å²) in [5.41, 5.74) is -0.547. The van der Waals surface area contributed by atoms with Crippen molar-refractivity contribution in [1.29, 1.82) is 0 Å². The second-order valence-corrected chi connectivity index (χ2v) is 11.0. The molecule has 3 heterocycles. The molecule has 226 valence electrons. The van der Waals surface area contributed by atoms with Crippen molar-refractivity contribution in [2.75, 3.05) is 24.3 Å². The van der Waals surface area contributed by atoms with Crippen LogP contribution in [-0.2, 0) is 19.9 Å². The summed E-state index contributed by atoms with van der Waals surface area (Å²) >= 11 is 12.5. The van der Waals surface area contributed by atoms with Crippen molar-refractivity contribution in [1.82, 2.24) is 14.9 Å². The fraction of sp³-hybridized carbons (Fsp3) is 0.310. The lowest BCUT2D eigenvalue weighted by Gasteiger charge is -2.41. The number of fused-ring (bicyclic) bond motifs is 4. The van der Waals surface area contributed by atoms with Crippen LogP contribution in [0.3, 0.4) is 0 Å². The highest BCUT2D eigenvalue weighted by atomic mass is 35.5. The maximum absolute atomic E-state index is 14.9. The highest BCUT2D eigenvalue weighted by molar-refractivity contribution is 6.32. The number of rotatable bonds is 3. The number of cyclic esters (lactones) is 1. The number of H-pyrrole nitrogens is 1. The van der Waals surface area contributed by atoms with E-state index in [1.807, 2.05) is 12.2 Å². The van der Waals surface area contributed by atoms with E-state index >= 15 is 0 Å². The highest BCUT2D eigenvalue weighted by Gasteiger charge is 2.45. The number of nitrogens with one attached hydrogen (secondary N) is 3. The number of aromatic amines is 1. The van der Waals surface area contributed by atoms with Crippen LogP contribution in [0.5, 0.6) is 0 Å². The zero-order valence-corrected chi connectivity index (χ0v) is 24.6. The van der Waals surface area contributed by atoms with E-state index in [0.29, 0.717) is 34.9 Å². The maximum atomic E-state index is 14.9. The van der Waals surface area contributed by atoms with Crippen LogP contribution in [-0.4, -0.2) is 46.6 Å². The van der Waals surface area contributed by atoms with Crippen molar-refractivity contribution in [3.63, 3.8) is 0 Å². The smallest absolute Gasteiger partial charge is 0.411 e. The number of anilines is 2. The molecule has 3 amide bonds. The molecule has 2 aliphatic rings. The van der Waals surface area contributed by atoms with Crippen LogP contribution in [0, 0.1) is 11.6 Å². The summed E-state index contributed by atoms with van der Waals surface area (Å²) < 4.78 is 40.0. The molecule has 2 aromatic carbocycles. The van der Waals surface area contributed by atoms with E-state index in [2.05, 4.69) is 20.4 Å². The summed E-state index contributed by atoms with van der Waals surface area (Å²) in [6, 6.07) is 6.23. The molecule has 2 aliphatic heterocycles. The average molecular weight is 634 g/mol. The third kappa shape index (κ3) is 6.16. The van der Waals surface area contributed by atoms with Crippen LogP contribution < -0.4 is 10.6 Å². The molecule has 0 aliphatic carbocycles. The Morgan fingerprint density at radius 2 is 2.00 bits per heavy atom. The molecule has 2 bridgehead atoms. The van der Waals surface area contributed by atoms with Crippen molar-refractivity contribution in [2.24, 2.45) is 0 Å². The summed E-state index contributed by atoms with van der Waals surface area (Å²) in [5.74, 6) is -1.80. The lowest BCUT2D eigenvalue weighted by atomic mass is 9.89. The van der Waals surface area contributed by atoms with Gasteiger partial charge in [-0.1, -0.05) is 35.4 Å². The molecule has 1 aromatic heterocycles. The van der Waals surface area contributed by atoms with Gasteiger partial charge in [-0.05, 0) is 50.1 Å². The van der Waals surface area contributed by atoms with Gasteiger partial charge in [0.1, 0.15) is 28.1 Å². The molecule has 0 radical (unpaired) electrons. The number of carbonyl (C=O) groups excluding carboxylic acids is 3. The Labute approximate surface area is 255 Å². The molecule has 3 N–H and O–H groups in total. The van der Waals surface area contributed by atoms with Gasteiger partial charge in [0, 0.05) is 30.6 Å². The van der Waals surface area contributed by atoms with Crippen molar-refractivity contribution >= 4 is 52.7 Å². The molecule has 1 fully saturated rings. The first-order valence-corrected chi connectivity index (χ1v) is 14.1. The third-order valence-corrected chi connectivity index (χ3v) is 7.93. The van der Waals surface area contributed by atoms with Crippen molar-refractivity contribution in [2.45, 2.75) is 44.2 Å². The fourth-order valence-electron chi connectivity index (χ4n) is 5.16. The van der Waals surface area contributed by atoms with Gasteiger partial charge in [-0.15, -0.1) is 0 Å². The topological polar surface area (TPSA) is 126 Å². The largest absolute Gasteiger partial charge is 0.453 e. The molecule has 5 rings (SSSR count). The van der Waals surface area contributed by atoms with Gasteiger partial charge in [-0.2, -0.15) is 0 Å². The minimum atomic E-state index is -1.60. The molecule has 43 heavy (non-hydrogen) atoms. The van der Waals surface area contributed by atoms with E-state index in [4.69, 9.17) is 32.9 Å². The highest BCUT2D eigenvalue weighted by Crippen LogP contribution is 2.42. The lowest BCUT2D eigenvalue weighted by Crippen LogP contribution is -2.48. The minimum absolute atomic E-state index is 0.0612. The summed E-state index contributed by atoms with van der Waals surface area (Å²) in [7, 11) is 1.23. The molecule has 14 heteroatoms. The molecule has 0 spiro atoms. The molecular formula is C29H27Cl2F2N5O5. The van der Waals surface area contributed by atoms with E-state index in [1.165, 1.54) is 18.9 Å². The van der Waals surface area contributed by atoms with Crippen LogP contribution in [0.25, 0.3) is 11.3 Å². The third-order valence-electron chi connectivity index (χ3n) is 7.36. The Bertz CT molecular complexity index is 1630. The van der Waals surface area contributed by atoms with Gasteiger partial charge in [0.25, 0.3) is 0 Å². The van der Waals surface area contributed by atoms with E-state index < -0.39 is 41.0 Å². The zero-order valence-electron chi connectivity index (χ0n) is 23.1. The van der Waals surface area contributed by atoms with Gasteiger partial charge >= 0.3 is 12.2 Å². The van der Waals surface area contributed by atoms with Crippen LogP contribution in [0.15, 0.2) is 42.5 Å². The van der Waals surface area contributed by atoms with Gasteiger partial charge in [0.15, 0.2) is 5.82 Å². The molecule has 1 saturated heterocycles. The molecule has 2 atom stereocenters. The Hall–Kier alpha value is -4.16. The number of carbonyl (C=O) groups is 3. The fourth-order valence-corrected chi connectivity index (χ4v) is 5.56. The average Bonchev–Trinajstić information content (AvgIpc) is 3.34. The predicted octanol–water partition coefficient (Wildman–Crippen LogP) is 7.32. The standard InChI is InChI=1S/C29H27Cl2F2N5O5/c1-29(22-18(32)11-10-17(30)23(22)33)12-13-38(28(41)43-29)20-6-4-3-5-7-21(39)35-19-14-15(34-27(40)42-2)8-9-16(19)24-25(31)37-26(20)36-24/h3-4,8-11,14,20H,5-7,12-13H2,1-2H3,(H,34,40)(H,35,39)(H,36,37)/b4-3-/t20-,29?/m0/s1. The van der Waals surface area contributed by atoms with Crippen molar-refractivity contribution in [3.8, 4) is 11.3 Å². The number of allylic oxidation sites excluding steroid dienone is 1. The molecule has 3 aromatic rings. The quantitative estimate of drug-likeness (QED) is 0.205. The van der Waals surface area contributed by atoms with E-state index in [-0.39, 0.29) is 41.9 Å². The summed E-state index contributed by atoms with van der Waals surface area (Å²) in [6.07, 6.45) is 3.05. The van der Waals surface area contributed by atoms with Crippen LogP contribution in [0.2, 0.25) is 10.2 Å². The van der Waals surface area contributed by atoms with Crippen molar-refractivity contribution in [3.05, 3.63) is 75.7 Å². The Morgan fingerprint density at radius 3 is 2.74 bits per heavy atom. The summed E-state index contributed by atoms with van der Waals surface area (Å²) in [4.78, 5) is 47.1. The predicted molar refractivity (Wildman–Crippen MR) is 156 cm³/mol. The van der Waals surface area contributed by atoms with Crippen LogP contribution in [0.4, 0.5) is 29.7 Å². The number of hydrogen-bond donors (Lipinski definition) is 3. The normalized spacial score (nSPS) is 21.3. The number of amides is 3. The number of imidazole rings is 1. The van der Waals surface area contributed by atoms with E-state index in [0.717, 1.165) is 12.1 Å². The monoisotopic (exact) mass is 633 g/mol. The zero-order chi connectivity index (χ0) is 30.9. The lowest BCUT2D eigenvalue weighted by molar-refractivity contribution is -0.116. The number of hydrogen-bond acceptors (Lipinski definition) is 6. The molecule has 10 nitrogen and oxygen atoms in total.